The van der Waals surface area contributed by atoms with Gasteiger partial charge in [0.15, 0.2) is 0 Å². The number of carboxylic acid groups (broad SMARTS) is 1. The molecule has 2 aromatic rings. The number of rotatable bonds is 7. The predicted octanol–water partition coefficient (Wildman–Crippen LogP) is 1.27. The SMILES string of the molecule is CC(C)[C@H]1NC(=O)[C@H](C)NC(=O)[C@@H](CC(=O)O)NC(=O)[C@@H](Cc2c[nH]c3ccccc23)NC(=O)[C@H](CC2CCCCC2)NC1=O. The van der Waals surface area contributed by atoms with Crippen molar-refractivity contribution >= 4 is 46.4 Å². The molecule has 1 aliphatic carbocycles. The molecular weight excluding hydrogens is 580 g/mol. The van der Waals surface area contributed by atoms with Crippen LogP contribution in [0.25, 0.3) is 10.9 Å². The molecule has 45 heavy (non-hydrogen) atoms. The first-order valence-electron chi connectivity index (χ1n) is 15.7. The Hall–Kier alpha value is -4.42. The van der Waals surface area contributed by atoms with Gasteiger partial charge in [0.2, 0.25) is 29.5 Å². The van der Waals surface area contributed by atoms with Crippen LogP contribution < -0.4 is 26.6 Å². The lowest BCUT2D eigenvalue weighted by molar-refractivity contribution is -0.141. The first-order valence-corrected chi connectivity index (χ1v) is 15.7. The van der Waals surface area contributed by atoms with Crippen molar-refractivity contribution < 1.29 is 33.9 Å². The lowest BCUT2D eigenvalue weighted by Crippen LogP contribution is -2.59. The highest BCUT2D eigenvalue weighted by atomic mass is 16.4. The Bertz CT molecular complexity index is 1420. The van der Waals surface area contributed by atoms with Crippen molar-refractivity contribution in [1.29, 1.82) is 0 Å². The molecule has 5 atom stereocenters. The molecule has 244 valence electrons. The van der Waals surface area contributed by atoms with Crippen LogP contribution in [-0.4, -0.2) is 75.8 Å². The summed E-state index contributed by atoms with van der Waals surface area (Å²) in [7, 11) is 0. The van der Waals surface area contributed by atoms with E-state index in [9.17, 15) is 33.9 Å². The molecule has 2 heterocycles. The van der Waals surface area contributed by atoms with Gasteiger partial charge in [-0.2, -0.15) is 0 Å². The number of carbonyl (C=O) groups excluding carboxylic acids is 5. The number of H-pyrrole nitrogens is 1. The van der Waals surface area contributed by atoms with Crippen LogP contribution in [0, 0.1) is 11.8 Å². The molecule has 2 fully saturated rings. The topological polar surface area (TPSA) is 199 Å². The Balaban J connectivity index is 1.72. The van der Waals surface area contributed by atoms with Crippen molar-refractivity contribution in [1.82, 2.24) is 31.6 Å². The molecule has 0 unspecified atom stereocenters. The largest absolute Gasteiger partial charge is 0.481 e. The average molecular weight is 625 g/mol. The third-order valence-electron chi connectivity index (χ3n) is 8.67. The van der Waals surface area contributed by atoms with Crippen LogP contribution in [0.1, 0.15) is 71.3 Å². The van der Waals surface area contributed by atoms with E-state index < -0.39 is 72.1 Å². The number of hydrogen-bond acceptors (Lipinski definition) is 6. The number of fused-ring (bicyclic) bond motifs is 1. The highest BCUT2D eigenvalue weighted by Gasteiger charge is 2.36. The Kier molecular flexibility index (Phi) is 11.2. The van der Waals surface area contributed by atoms with Gasteiger partial charge in [-0.05, 0) is 36.8 Å². The van der Waals surface area contributed by atoms with Crippen LogP contribution in [0.2, 0.25) is 0 Å². The summed E-state index contributed by atoms with van der Waals surface area (Å²) in [6, 6.07) is 1.56. The zero-order valence-corrected chi connectivity index (χ0v) is 26.0. The second kappa shape index (κ2) is 15.0. The second-order valence-electron chi connectivity index (χ2n) is 12.5. The third-order valence-corrected chi connectivity index (χ3v) is 8.67. The summed E-state index contributed by atoms with van der Waals surface area (Å²) in [5, 5.41) is 23.6. The maximum absolute atomic E-state index is 14.0. The number of para-hydroxylation sites is 1. The quantitative estimate of drug-likeness (QED) is 0.241. The zero-order chi connectivity index (χ0) is 32.7. The summed E-state index contributed by atoms with van der Waals surface area (Å²) in [5.74, 6) is -4.97. The van der Waals surface area contributed by atoms with Crippen LogP contribution >= 0.6 is 0 Å². The van der Waals surface area contributed by atoms with Crippen molar-refractivity contribution in [3.63, 3.8) is 0 Å². The fraction of sp³-hybridized carbons (Fsp3) is 0.562. The summed E-state index contributed by atoms with van der Waals surface area (Å²) in [6.45, 7) is 4.90. The molecule has 1 saturated carbocycles. The van der Waals surface area contributed by atoms with Gasteiger partial charge in [0.25, 0.3) is 0 Å². The van der Waals surface area contributed by atoms with Crippen molar-refractivity contribution in [2.24, 2.45) is 11.8 Å². The molecule has 4 rings (SSSR count). The van der Waals surface area contributed by atoms with Crippen LogP contribution in [-0.2, 0) is 35.2 Å². The number of carbonyl (C=O) groups is 6. The number of nitrogens with one attached hydrogen (secondary N) is 6. The minimum Gasteiger partial charge on any atom is -0.481 e. The van der Waals surface area contributed by atoms with E-state index in [1.54, 1.807) is 20.0 Å². The maximum Gasteiger partial charge on any atom is 0.305 e. The highest BCUT2D eigenvalue weighted by molar-refractivity contribution is 5.99. The summed E-state index contributed by atoms with van der Waals surface area (Å²) >= 11 is 0. The van der Waals surface area contributed by atoms with E-state index >= 15 is 0 Å². The van der Waals surface area contributed by atoms with E-state index in [4.69, 9.17) is 0 Å². The van der Waals surface area contributed by atoms with Gasteiger partial charge in [-0.1, -0.05) is 64.2 Å². The summed E-state index contributed by atoms with van der Waals surface area (Å²) in [4.78, 5) is 82.4. The number of amides is 5. The van der Waals surface area contributed by atoms with E-state index in [-0.39, 0.29) is 18.3 Å². The molecule has 5 amide bonds. The Morgan fingerprint density at radius 1 is 0.800 bits per heavy atom. The molecule has 0 spiro atoms. The molecule has 13 heteroatoms. The number of benzene rings is 1. The standard InChI is InChI=1S/C32H44N6O7/c1-17(2)27-32(45)37-23(13-19-9-5-4-6-10-19)30(43)35-24(14-20-16-33-22-12-8-7-11-21(20)22)31(44)36-25(15-26(39)40)29(42)34-18(3)28(41)38-27/h7-8,11-12,16-19,23-25,27,33H,4-6,9-10,13-15H2,1-3H3,(H,34,42)(H,35,43)(H,36,44)(H,37,45)(H,38,41)(H,39,40)/t18-,23-,24+,25+,27+/m0/s1. The van der Waals surface area contributed by atoms with Crippen molar-refractivity contribution in [3.8, 4) is 0 Å². The van der Waals surface area contributed by atoms with E-state index in [0.29, 0.717) is 6.42 Å². The molecule has 1 saturated heterocycles. The van der Waals surface area contributed by atoms with Gasteiger partial charge >= 0.3 is 5.97 Å². The van der Waals surface area contributed by atoms with Crippen molar-refractivity contribution in [2.75, 3.05) is 0 Å². The molecule has 1 aliphatic heterocycles. The molecule has 0 bridgehead atoms. The fourth-order valence-corrected chi connectivity index (χ4v) is 6.10. The first kappa shape index (κ1) is 33.5. The third kappa shape index (κ3) is 8.83. The Labute approximate surface area is 262 Å². The molecule has 13 nitrogen and oxygen atoms in total. The molecule has 0 radical (unpaired) electrons. The van der Waals surface area contributed by atoms with Gasteiger partial charge in [-0.3, -0.25) is 28.8 Å². The lowest BCUT2D eigenvalue weighted by Gasteiger charge is -2.30. The molecule has 1 aromatic heterocycles. The molecule has 7 N–H and O–H groups in total. The number of aromatic nitrogens is 1. The molecule has 2 aliphatic rings. The lowest BCUT2D eigenvalue weighted by atomic mass is 9.84. The minimum atomic E-state index is -1.53. The molecule has 1 aromatic carbocycles. The van der Waals surface area contributed by atoms with Gasteiger partial charge in [0.1, 0.15) is 30.2 Å². The summed E-state index contributed by atoms with van der Waals surface area (Å²) < 4.78 is 0. The van der Waals surface area contributed by atoms with E-state index in [2.05, 4.69) is 31.6 Å². The minimum absolute atomic E-state index is 0.0259. The Morgan fingerprint density at radius 2 is 1.42 bits per heavy atom. The van der Waals surface area contributed by atoms with Gasteiger partial charge in [-0.25, -0.2) is 0 Å². The van der Waals surface area contributed by atoms with E-state index in [1.807, 2.05) is 24.3 Å². The van der Waals surface area contributed by atoms with Crippen molar-refractivity contribution in [2.45, 2.75) is 102 Å². The van der Waals surface area contributed by atoms with E-state index in [0.717, 1.165) is 48.6 Å². The summed E-state index contributed by atoms with van der Waals surface area (Å²) in [6.07, 6.45) is 6.33. The Morgan fingerprint density at radius 3 is 2.11 bits per heavy atom. The normalized spacial score (nSPS) is 26.2. The average Bonchev–Trinajstić information content (AvgIpc) is 3.40. The summed E-state index contributed by atoms with van der Waals surface area (Å²) in [5.41, 5.74) is 1.55. The van der Waals surface area contributed by atoms with Crippen LogP contribution in [0.4, 0.5) is 0 Å². The predicted molar refractivity (Wildman–Crippen MR) is 166 cm³/mol. The second-order valence-corrected chi connectivity index (χ2v) is 12.5. The van der Waals surface area contributed by atoms with Crippen LogP contribution in [0.5, 0.6) is 0 Å². The number of hydrogen-bond donors (Lipinski definition) is 7. The number of aliphatic carboxylic acids is 1. The maximum atomic E-state index is 14.0. The highest BCUT2D eigenvalue weighted by Crippen LogP contribution is 2.28. The smallest absolute Gasteiger partial charge is 0.305 e. The van der Waals surface area contributed by atoms with Gasteiger partial charge in [-0.15, -0.1) is 0 Å². The molecular formula is C32H44N6O7. The zero-order valence-electron chi connectivity index (χ0n) is 26.0. The number of aromatic amines is 1. The van der Waals surface area contributed by atoms with Crippen LogP contribution in [0.15, 0.2) is 30.5 Å². The monoisotopic (exact) mass is 624 g/mol. The van der Waals surface area contributed by atoms with E-state index in [1.165, 1.54) is 6.92 Å². The van der Waals surface area contributed by atoms with Gasteiger partial charge in [0.05, 0.1) is 6.42 Å². The van der Waals surface area contributed by atoms with Gasteiger partial charge < -0.3 is 36.7 Å². The number of carboxylic acids is 1. The van der Waals surface area contributed by atoms with Crippen molar-refractivity contribution in [3.05, 3.63) is 36.0 Å². The van der Waals surface area contributed by atoms with Gasteiger partial charge in [0, 0.05) is 23.5 Å². The van der Waals surface area contributed by atoms with Crippen LogP contribution in [0.3, 0.4) is 0 Å². The fourth-order valence-electron chi connectivity index (χ4n) is 6.10. The first-order chi connectivity index (χ1) is 21.4.